The van der Waals surface area contributed by atoms with E-state index in [0.717, 1.165) is 31.8 Å². The Morgan fingerprint density at radius 2 is 2.44 bits per heavy atom. The zero-order valence-electron chi connectivity index (χ0n) is 10.3. The summed E-state index contributed by atoms with van der Waals surface area (Å²) in [4.78, 5) is 2.59. The van der Waals surface area contributed by atoms with Crippen LogP contribution in [0.3, 0.4) is 0 Å². The molecular formula is C13H22N2O. The summed E-state index contributed by atoms with van der Waals surface area (Å²) >= 11 is 0. The van der Waals surface area contributed by atoms with Crippen molar-refractivity contribution in [1.29, 1.82) is 0 Å². The molecule has 3 heteroatoms. The summed E-state index contributed by atoms with van der Waals surface area (Å²) in [6.45, 7) is 7.90. The van der Waals surface area contributed by atoms with E-state index in [1.807, 2.05) is 6.07 Å². The van der Waals surface area contributed by atoms with Gasteiger partial charge >= 0.3 is 0 Å². The first-order chi connectivity index (χ1) is 7.79. The molecule has 0 amide bonds. The minimum atomic E-state index is 0.611. The van der Waals surface area contributed by atoms with Crippen molar-refractivity contribution in [2.45, 2.75) is 38.8 Å². The third kappa shape index (κ3) is 2.86. The fourth-order valence-electron chi connectivity index (χ4n) is 2.42. The Labute approximate surface area is 97.8 Å². The number of piperazine rings is 1. The topological polar surface area (TPSA) is 28.4 Å². The van der Waals surface area contributed by atoms with Crippen molar-refractivity contribution in [1.82, 2.24) is 10.2 Å². The summed E-state index contributed by atoms with van der Waals surface area (Å²) in [5, 5.41) is 3.54. The molecule has 1 aromatic heterocycles. The average Bonchev–Trinajstić information content (AvgIpc) is 2.79. The Kier molecular flexibility index (Phi) is 4.02. The van der Waals surface area contributed by atoms with Crippen LogP contribution < -0.4 is 5.32 Å². The van der Waals surface area contributed by atoms with E-state index in [0.29, 0.717) is 12.1 Å². The van der Waals surface area contributed by atoms with E-state index in [1.54, 1.807) is 6.26 Å². The fourth-order valence-corrected chi connectivity index (χ4v) is 2.42. The molecule has 1 fully saturated rings. The van der Waals surface area contributed by atoms with E-state index in [4.69, 9.17) is 4.42 Å². The van der Waals surface area contributed by atoms with Gasteiger partial charge in [0.05, 0.1) is 6.26 Å². The number of hydrogen-bond acceptors (Lipinski definition) is 3. The lowest BCUT2D eigenvalue weighted by Gasteiger charge is -2.38. The minimum absolute atomic E-state index is 0.611. The van der Waals surface area contributed by atoms with E-state index in [1.165, 1.54) is 6.42 Å². The predicted molar refractivity (Wildman–Crippen MR) is 65.5 cm³/mol. The number of nitrogens with zero attached hydrogens (tertiary/aromatic N) is 1. The molecule has 0 spiro atoms. The Morgan fingerprint density at radius 3 is 3.12 bits per heavy atom. The molecule has 1 N–H and O–H groups in total. The van der Waals surface area contributed by atoms with Gasteiger partial charge in [0.2, 0.25) is 0 Å². The van der Waals surface area contributed by atoms with Crippen molar-refractivity contribution >= 4 is 0 Å². The summed E-state index contributed by atoms with van der Waals surface area (Å²) < 4.78 is 5.38. The summed E-state index contributed by atoms with van der Waals surface area (Å²) in [5.41, 5.74) is 0. The van der Waals surface area contributed by atoms with Crippen molar-refractivity contribution in [2.75, 3.05) is 19.6 Å². The van der Waals surface area contributed by atoms with Crippen LogP contribution in [0.15, 0.2) is 22.8 Å². The van der Waals surface area contributed by atoms with Crippen LogP contribution in [0.4, 0.5) is 0 Å². The van der Waals surface area contributed by atoms with Gasteiger partial charge in [-0.2, -0.15) is 0 Å². The van der Waals surface area contributed by atoms with Crippen LogP contribution in [-0.4, -0.2) is 36.6 Å². The fraction of sp³-hybridized carbons (Fsp3) is 0.692. The van der Waals surface area contributed by atoms with Gasteiger partial charge in [0, 0.05) is 38.1 Å². The molecule has 1 saturated heterocycles. The highest BCUT2D eigenvalue weighted by atomic mass is 16.3. The van der Waals surface area contributed by atoms with E-state index < -0.39 is 0 Å². The molecule has 2 rings (SSSR count). The molecular weight excluding hydrogens is 200 g/mol. The zero-order chi connectivity index (χ0) is 11.4. The molecule has 1 aliphatic rings. The van der Waals surface area contributed by atoms with Gasteiger partial charge in [-0.3, -0.25) is 4.90 Å². The average molecular weight is 222 g/mol. The maximum Gasteiger partial charge on any atom is 0.105 e. The van der Waals surface area contributed by atoms with Crippen molar-refractivity contribution in [2.24, 2.45) is 0 Å². The zero-order valence-corrected chi connectivity index (χ0v) is 10.3. The van der Waals surface area contributed by atoms with Crippen molar-refractivity contribution < 1.29 is 4.42 Å². The van der Waals surface area contributed by atoms with Gasteiger partial charge in [0.15, 0.2) is 0 Å². The summed E-state index contributed by atoms with van der Waals surface area (Å²) in [6.07, 6.45) is 4.00. The van der Waals surface area contributed by atoms with Gasteiger partial charge in [-0.05, 0) is 25.5 Å². The molecule has 2 unspecified atom stereocenters. The molecule has 2 atom stereocenters. The van der Waals surface area contributed by atoms with Crippen molar-refractivity contribution in [3.8, 4) is 0 Å². The molecule has 0 radical (unpaired) electrons. The highest BCUT2D eigenvalue weighted by Gasteiger charge is 2.23. The highest BCUT2D eigenvalue weighted by molar-refractivity contribution is 4.99. The molecule has 90 valence electrons. The Balaban J connectivity index is 1.85. The van der Waals surface area contributed by atoms with E-state index in [2.05, 4.69) is 30.1 Å². The Hall–Kier alpha value is -0.800. The molecule has 0 aliphatic carbocycles. The van der Waals surface area contributed by atoms with Crippen molar-refractivity contribution in [3.05, 3.63) is 24.2 Å². The summed E-state index contributed by atoms with van der Waals surface area (Å²) in [5.74, 6) is 1.10. The molecule has 16 heavy (non-hydrogen) atoms. The van der Waals surface area contributed by atoms with Gasteiger partial charge in [-0.25, -0.2) is 0 Å². The maximum absolute atomic E-state index is 5.38. The lowest BCUT2D eigenvalue weighted by molar-refractivity contribution is 0.131. The second kappa shape index (κ2) is 5.51. The van der Waals surface area contributed by atoms with Crippen LogP contribution in [0.2, 0.25) is 0 Å². The quantitative estimate of drug-likeness (QED) is 0.843. The Morgan fingerprint density at radius 1 is 1.56 bits per heavy atom. The molecule has 1 aromatic rings. The van der Waals surface area contributed by atoms with Gasteiger partial charge in [0.1, 0.15) is 5.76 Å². The first-order valence-electron chi connectivity index (χ1n) is 6.29. The van der Waals surface area contributed by atoms with E-state index in [-0.39, 0.29) is 0 Å². The SMILES string of the molecule is CCC1CNC(C)CN1CCc1ccco1. The number of nitrogens with one attached hydrogen (secondary N) is 1. The van der Waals surface area contributed by atoms with Crippen LogP contribution in [0, 0.1) is 0 Å². The van der Waals surface area contributed by atoms with Gasteiger partial charge < -0.3 is 9.73 Å². The number of rotatable bonds is 4. The predicted octanol–water partition coefficient (Wildman–Crippen LogP) is 1.89. The third-order valence-electron chi connectivity index (χ3n) is 3.42. The van der Waals surface area contributed by atoms with Crippen LogP contribution in [0.1, 0.15) is 26.0 Å². The molecule has 3 nitrogen and oxygen atoms in total. The molecule has 0 bridgehead atoms. The second-order valence-corrected chi connectivity index (χ2v) is 4.70. The highest BCUT2D eigenvalue weighted by Crippen LogP contribution is 2.12. The van der Waals surface area contributed by atoms with E-state index >= 15 is 0 Å². The largest absolute Gasteiger partial charge is 0.469 e. The molecule has 2 heterocycles. The van der Waals surface area contributed by atoms with E-state index in [9.17, 15) is 0 Å². The molecule has 0 aromatic carbocycles. The number of hydrogen-bond donors (Lipinski definition) is 1. The molecule has 0 saturated carbocycles. The summed E-state index contributed by atoms with van der Waals surface area (Å²) in [6, 6.07) is 5.32. The van der Waals surface area contributed by atoms with Crippen molar-refractivity contribution in [3.63, 3.8) is 0 Å². The number of furan rings is 1. The van der Waals surface area contributed by atoms with Gasteiger partial charge in [0.25, 0.3) is 0 Å². The van der Waals surface area contributed by atoms with Crippen LogP contribution in [-0.2, 0) is 6.42 Å². The minimum Gasteiger partial charge on any atom is -0.469 e. The second-order valence-electron chi connectivity index (χ2n) is 4.70. The molecule has 1 aliphatic heterocycles. The maximum atomic E-state index is 5.38. The Bertz CT molecular complexity index is 297. The monoisotopic (exact) mass is 222 g/mol. The van der Waals surface area contributed by atoms with Crippen LogP contribution >= 0.6 is 0 Å². The normalized spacial score (nSPS) is 27.1. The van der Waals surface area contributed by atoms with Gasteiger partial charge in [-0.1, -0.05) is 6.92 Å². The first kappa shape index (κ1) is 11.7. The summed E-state index contributed by atoms with van der Waals surface area (Å²) in [7, 11) is 0. The van der Waals surface area contributed by atoms with Gasteiger partial charge in [-0.15, -0.1) is 0 Å². The standard InChI is InChI=1S/C13H22N2O/c1-3-12-9-14-11(2)10-15(12)7-6-13-5-4-8-16-13/h4-5,8,11-12,14H,3,6-7,9-10H2,1-2H3. The first-order valence-corrected chi connectivity index (χ1v) is 6.29. The van der Waals surface area contributed by atoms with Crippen LogP contribution in [0.25, 0.3) is 0 Å². The lowest BCUT2D eigenvalue weighted by atomic mass is 10.1. The smallest absolute Gasteiger partial charge is 0.105 e. The van der Waals surface area contributed by atoms with Crippen LogP contribution in [0.5, 0.6) is 0 Å². The lowest BCUT2D eigenvalue weighted by Crippen LogP contribution is -2.55. The third-order valence-corrected chi connectivity index (χ3v) is 3.42.